The Hall–Kier alpha value is -2.58. The molecule has 1 aliphatic rings. The second-order valence-electron chi connectivity index (χ2n) is 6.57. The summed E-state index contributed by atoms with van der Waals surface area (Å²) in [6.07, 6.45) is 1.87. The number of amides is 1. The number of hydrogen-bond acceptors (Lipinski definition) is 5. The van der Waals surface area contributed by atoms with Crippen LogP contribution in [0.1, 0.15) is 18.1 Å². The van der Waals surface area contributed by atoms with Gasteiger partial charge in [0.2, 0.25) is 10.0 Å². The van der Waals surface area contributed by atoms with E-state index in [1.54, 1.807) is 24.3 Å². The van der Waals surface area contributed by atoms with Crippen LogP contribution in [0.4, 0.5) is 5.69 Å². The summed E-state index contributed by atoms with van der Waals surface area (Å²) in [7, 11) is -3.23. The second kappa shape index (κ2) is 8.62. The lowest BCUT2D eigenvalue weighted by Gasteiger charge is -2.27. The van der Waals surface area contributed by atoms with E-state index in [0.717, 1.165) is 16.9 Å². The minimum atomic E-state index is -3.23. The smallest absolute Gasteiger partial charge is 0.262 e. The molecule has 150 valence electrons. The Kier molecular flexibility index (Phi) is 6.21. The molecular formula is C20H24N2O5S. The summed E-state index contributed by atoms with van der Waals surface area (Å²) in [4.78, 5) is 12.2. The quantitative estimate of drug-likeness (QED) is 0.766. The van der Waals surface area contributed by atoms with Crippen molar-refractivity contribution in [2.45, 2.75) is 19.9 Å². The van der Waals surface area contributed by atoms with Crippen LogP contribution in [-0.2, 0) is 27.8 Å². The Morgan fingerprint density at radius 1 is 1.07 bits per heavy atom. The molecular weight excluding hydrogens is 380 g/mol. The molecule has 1 heterocycles. The standard InChI is InChI=1S/C20H24N2O5S/c1-3-26-18-6-8-19(9-7-18)27-14-20(23)21-17-5-4-15-10-11-22(28(2,24)25)13-16(15)12-17/h4-9,12H,3,10-11,13-14H2,1-2H3,(H,21,23). The molecule has 0 aliphatic carbocycles. The molecule has 0 spiro atoms. The van der Waals surface area contributed by atoms with E-state index in [-0.39, 0.29) is 12.5 Å². The topological polar surface area (TPSA) is 84.9 Å². The maximum Gasteiger partial charge on any atom is 0.262 e. The summed E-state index contributed by atoms with van der Waals surface area (Å²) in [6.45, 7) is 3.17. The average molecular weight is 404 g/mol. The molecule has 0 radical (unpaired) electrons. The van der Waals surface area contributed by atoms with Crippen molar-refractivity contribution < 1.29 is 22.7 Å². The number of carbonyl (C=O) groups is 1. The van der Waals surface area contributed by atoms with Gasteiger partial charge in [-0.25, -0.2) is 8.42 Å². The van der Waals surface area contributed by atoms with Crippen LogP contribution < -0.4 is 14.8 Å². The lowest BCUT2D eigenvalue weighted by molar-refractivity contribution is -0.118. The highest BCUT2D eigenvalue weighted by atomic mass is 32.2. The van der Waals surface area contributed by atoms with Crippen LogP contribution in [0.3, 0.4) is 0 Å². The van der Waals surface area contributed by atoms with Gasteiger partial charge in [0.05, 0.1) is 12.9 Å². The zero-order valence-corrected chi connectivity index (χ0v) is 16.8. The van der Waals surface area contributed by atoms with Crippen LogP contribution in [0.15, 0.2) is 42.5 Å². The predicted molar refractivity (Wildman–Crippen MR) is 107 cm³/mol. The van der Waals surface area contributed by atoms with Crippen molar-refractivity contribution in [3.8, 4) is 11.5 Å². The Labute approximate surface area is 165 Å². The van der Waals surface area contributed by atoms with Gasteiger partial charge in [0.15, 0.2) is 6.61 Å². The number of nitrogens with one attached hydrogen (secondary N) is 1. The van der Waals surface area contributed by atoms with Gasteiger partial charge in [-0.2, -0.15) is 4.31 Å². The molecule has 0 saturated carbocycles. The summed E-state index contributed by atoms with van der Waals surface area (Å²) in [5.74, 6) is 1.04. The lowest BCUT2D eigenvalue weighted by atomic mass is 10.0. The van der Waals surface area contributed by atoms with Crippen molar-refractivity contribution in [3.05, 3.63) is 53.6 Å². The molecule has 0 fully saturated rings. The number of ether oxygens (including phenoxy) is 2. The maximum atomic E-state index is 12.2. The monoisotopic (exact) mass is 404 g/mol. The number of rotatable bonds is 7. The highest BCUT2D eigenvalue weighted by Gasteiger charge is 2.23. The van der Waals surface area contributed by atoms with Gasteiger partial charge in [0.1, 0.15) is 11.5 Å². The summed E-state index contributed by atoms with van der Waals surface area (Å²) in [6, 6.07) is 12.6. The molecule has 1 aliphatic heterocycles. The molecule has 2 aromatic carbocycles. The second-order valence-corrected chi connectivity index (χ2v) is 8.55. The summed E-state index contributed by atoms with van der Waals surface area (Å²) >= 11 is 0. The van der Waals surface area contributed by atoms with Crippen molar-refractivity contribution in [3.63, 3.8) is 0 Å². The van der Waals surface area contributed by atoms with E-state index in [9.17, 15) is 13.2 Å². The first-order valence-electron chi connectivity index (χ1n) is 9.07. The van der Waals surface area contributed by atoms with Crippen LogP contribution in [-0.4, -0.2) is 44.6 Å². The molecule has 2 aromatic rings. The molecule has 1 N–H and O–H groups in total. The van der Waals surface area contributed by atoms with Crippen molar-refractivity contribution in [1.29, 1.82) is 0 Å². The van der Waals surface area contributed by atoms with Crippen molar-refractivity contribution in [2.75, 3.05) is 31.3 Å². The van der Waals surface area contributed by atoms with Gasteiger partial charge in [-0.3, -0.25) is 4.79 Å². The number of carbonyl (C=O) groups excluding carboxylic acids is 1. The predicted octanol–water partition coefficient (Wildman–Crippen LogP) is 2.42. The molecule has 28 heavy (non-hydrogen) atoms. The van der Waals surface area contributed by atoms with Crippen LogP contribution in [0.5, 0.6) is 11.5 Å². The Morgan fingerprint density at radius 2 is 1.75 bits per heavy atom. The molecule has 0 atom stereocenters. The fourth-order valence-corrected chi connectivity index (χ4v) is 3.83. The first-order chi connectivity index (χ1) is 13.3. The fraction of sp³-hybridized carbons (Fsp3) is 0.350. The van der Waals surface area contributed by atoms with Gasteiger partial charge in [0.25, 0.3) is 5.91 Å². The van der Waals surface area contributed by atoms with E-state index in [2.05, 4.69) is 5.32 Å². The molecule has 1 amide bonds. The SMILES string of the molecule is CCOc1ccc(OCC(=O)Nc2ccc3c(c2)CN(S(C)(=O)=O)CC3)cc1. The third kappa shape index (κ3) is 5.24. The summed E-state index contributed by atoms with van der Waals surface area (Å²) < 4.78 is 35.8. The van der Waals surface area contributed by atoms with Crippen LogP contribution in [0.2, 0.25) is 0 Å². The van der Waals surface area contributed by atoms with E-state index in [1.165, 1.54) is 10.6 Å². The molecule has 3 rings (SSSR count). The Bertz CT molecular complexity index is 942. The van der Waals surface area contributed by atoms with Crippen molar-refractivity contribution in [2.24, 2.45) is 0 Å². The van der Waals surface area contributed by atoms with E-state index < -0.39 is 10.0 Å². The lowest BCUT2D eigenvalue weighted by Crippen LogP contribution is -2.35. The number of benzene rings is 2. The largest absolute Gasteiger partial charge is 0.494 e. The van der Waals surface area contributed by atoms with Gasteiger partial charge in [0, 0.05) is 18.8 Å². The number of fused-ring (bicyclic) bond motifs is 1. The van der Waals surface area contributed by atoms with Gasteiger partial charge < -0.3 is 14.8 Å². The van der Waals surface area contributed by atoms with Gasteiger partial charge in [-0.15, -0.1) is 0 Å². The number of sulfonamides is 1. The molecule has 8 heteroatoms. The third-order valence-corrected chi connectivity index (χ3v) is 5.69. The van der Waals surface area contributed by atoms with E-state index in [4.69, 9.17) is 9.47 Å². The fourth-order valence-electron chi connectivity index (χ4n) is 3.04. The minimum Gasteiger partial charge on any atom is -0.494 e. The van der Waals surface area contributed by atoms with Crippen molar-refractivity contribution >= 4 is 21.6 Å². The molecule has 0 saturated heterocycles. The van der Waals surface area contributed by atoms with Gasteiger partial charge in [-0.05, 0) is 60.9 Å². The first-order valence-corrected chi connectivity index (χ1v) is 10.9. The minimum absolute atomic E-state index is 0.124. The van der Waals surface area contributed by atoms with Gasteiger partial charge >= 0.3 is 0 Å². The number of anilines is 1. The molecule has 7 nitrogen and oxygen atoms in total. The van der Waals surface area contributed by atoms with Crippen molar-refractivity contribution in [1.82, 2.24) is 4.31 Å². The normalized spacial score (nSPS) is 14.2. The van der Waals surface area contributed by atoms with Crippen LogP contribution >= 0.6 is 0 Å². The highest BCUT2D eigenvalue weighted by Crippen LogP contribution is 2.24. The Balaban J connectivity index is 1.57. The van der Waals surface area contributed by atoms with Crippen LogP contribution in [0, 0.1) is 0 Å². The zero-order chi connectivity index (χ0) is 20.1. The van der Waals surface area contributed by atoms with E-state index in [0.29, 0.717) is 37.6 Å². The van der Waals surface area contributed by atoms with E-state index >= 15 is 0 Å². The third-order valence-electron chi connectivity index (χ3n) is 4.44. The Morgan fingerprint density at radius 3 is 2.39 bits per heavy atom. The number of nitrogens with zero attached hydrogens (tertiary/aromatic N) is 1. The molecule has 0 aromatic heterocycles. The van der Waals surface area contributed by atoms with Crippen LogP contribution in [0.25, 0.3) is 0 Å². The summed E-state index contributed by atoms with van der Waals surface area (Å²) in [5.41, 5.74) is 2.62. The first kappa shape index (κ1) is 20.2. The summed E-state index contributed by atoms with van der Waals surface area (Å²) in [5, 5.41) is 2.79. The maximum absolute atomic E-state index is 12.2. The average Bonchev–Trinajstić information content (AvgIpc) is 2.66. The molecule has 0 unspecified atom stereocenters. The van der Waals surface area contributed by atoms with E-state index in [1.807, 2.05) is 25.1 Å². The zero-order valence-electron chi connectivity index (χ0n) is 16.0. The molecule has 0 bridgehead atoms. The highest BCUT2D eigenvalue weighted by molar-refractivity contribution is 7.88. The van der Waals surface area contributed by atoms with Gasteiger partial charge in [-0.1, -0.05) is 6.07 Å². The number of hydrogen-bond donors (Lipinski definition) is 1.